The number of hydrogen-bond acceptors (Lipinski definition) is 4. The molecule has 0 aliphatic rings. The number of rotatable bonds is 19. The van der Waals surface area contributed by atoms with Gasteiger partial charge in [0.25, 0.3) is 0 Å². The van der Waals surface area contributed by atoms with Gasteiger partial charge >= 0.3 is 11.9 Å². The molecule has 4 heteroatoms. The zero-order valence-electron chi connectivity index (χ0n) is 18.2. The highest BCUT2D eigenvalue weighted by molar-refractivity contribution is 5.69. The van der Waals surface area contributed by atoms with Crippen LogP contribution in [0.4, 0.5) is 0 Å². The van der Waals surface area contributed by atoms with Gasteiger partial charge in [0.1, 0.15) is 0 Å². The molecule has 0 bridgehead atoms. The summed E-state index contributed by atoms with van der Waals surface area (Å²) in [7, 11) is 0. The Hall–Kier alpha value is -1.06. The van der Waals surface area contributed by atoms with Crippen LogP contribution in [0, 0.1) is 5.92 Å². The van der Waals surface area contributed by atoms with Gasteiger partial charge in [-0.2, -0.15) is 0 Å². The first-order chi connectivity index (χ1) is 13.1. The van der Waals surface area contributed by atoms with E-state index in [4.69, 9.17) is 9.47 Å². The molecule has 0 aromatic rings. The molecular formula is C23H44O4. The number of carbonyl (C=O) groups is 2. The Morgan fingerprint density at radius 3 is 1.67 bits per heavy atom. The van der Waals surface area contributed by atoms with Gasteiger partial charge in [-0.15, -0.1) is 0 Å². The third kappa shape index (κ3) is 18.1. The summed E-state index contributed by atoms with van der Waals surface area (Å²) in [6.45, 7) is 7.31. The van der Waals surface area contributed by atoms with Crippen molar-refractivity contribution in [1.29, 1.82) is 0 Å². The summed E-state index contributed by atoms with van der Waals surface area (Å²) in [5, 5.41) is 0. The Bertz CT molecular complexity index is 354. The minimum atomic E-state index is -0.0409. The van der Waals surface area contributed by atoms with Crippen molar-refractivity contribution in [3.63, 3.8) is 0 Å². The van der Waals surface area contributed by atoms with E-state index in [1.54, 1.807) is 0 Å². The SMILES string of the molecule is CCCOC(=O)CCCCCCCCCCCC(CC)CC(=O)OCCC. The third-order valence-corrected chi connectivity index (χ3v) is 4.96. The van der Waals surface area contributed by atoms with Crippen molar-refractivity contribution in [2.75, 3.05) is 13.2 Å². The van der Waals surface area contributed by atoms with Crippen LogP contribution in [-0.2, 0) is 19.1 Å². The van der Waals surface area contributed by atoms with Crippen LogP contribution in [0.25, 0.3) is 0 Å². The van der Waals surface area contributed by atoms with E-state index in [2.05, 4.69) is 6.92 Å². The fourth-order valence-corrected chi connectivity index (χ4v) is 3.19. The lowest BCUT2D eigenvalue weighted by atomic mass is 9.95. The van der Waals surface area contributed by atoms with E-state index in [1.807, 2.05) is 13.8 Å². The molecule has 0 radical (unpaired) electrons. The lowest BCUT2D eigenvalue weighted by Gasteiger charge is -2.13. The Balaban J connectivity index is 3.40. The zero-order valence-corrected chi connectivity index (χ0v) is 18.2. The first-order valence-corrected chi connectivity index (χ1v) is 11.4. The van der Waals surface area contributed by atoms with Gasteiger partial charge in [0.2, 0.25) is 0 Å². The summed E-state index contributed by atoms with van der Waals surface area (Å²) < 4.78 is 10.3. The van der Waals surface area contributed by atoms with Crippen molar-refractivity contribution in [2.45, 2.75) is 117 Å². The van der Waals surface area contributed by atoms with Gasteiger partial charge < -0.3 is 9.47 Å². The molecular weight excluding hydrogens is 340 g/mol. The normalized spacial score (nSPS) is 12.0. The quantitative estimate of drug-likeness (QED) is 0.186. The fourth-order valence-electron chi connectivity index (χ4n) is 3.19. The van der Waals surface area contributed by atoms with Crippen molar-refractivity contribution in [1.82, 2.24) is 0 Å². The third-order valence-electron chi connectivity index (χ3n) is 4.96. The second-order valence-electron chi connectivity index (χ2n) is 7.64. The maximum absolute atomic E-state index is 11.7. The molecule has 4 nitrogen and oxygen atoms in total. The topological polar surface area (TPSA) is 52.6 Å². The van der Waals surface area contributed by atoms with Crippen molar-refractivity contribution in [2.24, 2.45) is 5.92 Å². The van der Waals surface area contributed by atoms with E-state index < -0.39 is 0 Å². The van der Waals surface area contributed by atoms with Crippen molar-refractivity contribution in [3.8, 4) is 0 Å². The number of ether oxygens (including phenoxy) is 2. The second kappa shape index (κ2) is 19.7. The van der Waals surface area contributed by atoms with Crippen LogP contribution in [0.15, 0.2) is 0 Å². The summed E-state index contributed by atoms with van der Waals surface area (Å²) in [4.78, 5) is 23.1. The molecule has 0 fully saturated rings. The minimum absolute atomic E-state index is 0.0256. The van der Waals surface area contributed by atoms with Crippen molar-refractivity contribution < 1.29 is 19.1 Å². The van der Waals surface area contributed by atoms with Crippen LogP contribution in [0.1, 0.15) is 117 Å². The van der Waals surface area contributed by atoms with Crippen LogP contribution in [0.3, 0.4) is 0 Å². The number of carbonyl (C=O) groups excluding carboxylic acids is 2. The molecule has 160 valence electrons. The summed E-state index contributed by atoms with van der Waals surface area (Å²) in [5.41, 5.74) is 0. The molecule has 0 spiro atoms. The van der Waals surface area contributed by atoms with Crippen molar-refractivity contribution in [3.05, 3.63) is 0 Å². The molecule has 0 aliphatic heterocycles. The molecule has 0 saturated carbocycles. The highest BCUT2D eigenvalue weighted by Crippen LogP contribution is 2.19. The number of esters is 2. The Kier molecular flexibility index (Phi) is 18.9. The standard InChI is InChI=1S/C23H44O4/c1-4-18-26-22(24)17-15-13-11-9-7-8-10-12-14-16-21(6-3)20-23(25)27-19-5-2/h21H,4-20H2,1-3H3. The molecule has 0 saturated heterocycles. The molecule has 0 aliphatic carbocycles. The van der Waals surface area contributed by atoms with Gasteiger partial charge in [-0.25, -0.2) is 0 Å². The Morgan fingerprint density at radius 2 is 1.15 bits per heavy atom. The number of hydrogen-bond donors (Lipinski definition) is 0. The van der Waals surface area contributed by atoms with Gasteiger partial charge in [-0.1, -0.05) is 78.6 Å². The van der Waals surface area contributed by atoms with E-state index in [0.29, 0.717) is 32.0 Å². The Labute approximate surface area is 167 Å². The van der Waals surface area contributed by atoms with Gasteiger partial charge in [0.15, 0.2) is 0 Å². The zero-order chi connectivity index (χ0) is 20.2. The average molecular weight is 385 g/mol. The number of unbranched alkanes of at least 4 members (excludes halogenated alkanes) is 8. The summed E-state index contributed by atoms with van der Waals surface area (Å²) in [6, 6.07) is 0. The largest absolute Gasteiger partial charge is 0.466 e. The monoisotopic (exact) mass is 384 g/mol. The fraction of sp³-hybridized carbons (Fsp3) is 0.913. The van der Waals surface area contributed by atoms with Crippen LogP contribution in [0.2, 0.25) is 0 Å². The van der Waals surface area contributed by atoms with E-state index >= 15 is 0 Å². The molecule has 0 rings (SSSR count). The summed E-state index contributed by atoms with van der Waals surface area (Å²) >= 11 is 0. The van der Waals surface area contributed by atoms with Crippen LogP contribution >= 0.6 is 0 Å². The molecule has 1 unspecified atom stereocenters. The van der Waals surface area contributed by atoms with Crippen LogP contribution in [0.5, 0.6) is 0 Å². The first-order valence-electron chi connectivity index (χ1n) is 11.4. The first kappa shape index (κ1) is 25.9. The molecule has 0 aromatic carbocycles. The van der Waals surface area contributed by atoms with Crippen molar-refractivity contribution >= 4 is 11.9 Å². The van der Waals surface area contributed by atoms with E-state index in [1.165, 1.54) is 44.9 Å². The maximum atomic E-state index is 11.7. The van der Waals surface area contributed by atoms with E-state index in [9.17, 15) is 9.59 Å². The molecule has 0 heterocycles. The average Bonchev–Trinajstić information content (AvgIpc) is 2.67. The summed E-state index contributed by atoms with van der Waals surface area (Å²) in [5.74, 6) is 0.418. The maximum Gasteiger partial charge on any atom is 0.306 e. The smallest absolute Gasteiger partial charge is 0.306 e. The molecule has 0 amide bonds. The molecule has 0 aromatic heterocycles. The second-order valence-corrected chi connectivity index (χ2v) is 7.64. The highest BCUT2D eigenvalue weighted by atomic mass is 16.5. The lowest BCUT2D eigenvalue weighted by Crippen LogP contribution is -2.11. The minimum Gasteiger partial charge on any atom is -0.466 e. The van der Waals surface area contributed by atoms with Gasteiger partial charge in [-0.3, -0.25) is 9.59 Å². The predicted molar refractivity (Wildman–Crippen MR) is 112 cm³/mol. The van der Waals surface area contributed by atoms with Gasteiger partial charge in [0.05, 0.1) is 13.2 Å². The molecule has 1 atom stereocenters. The molecule has 27 heavy (non-hydrogen) atoms. The predicted octanol–water partition coefficient (Wildman–Crippen LogP) is 6.60. The molecule has 0 N–H and O–H groups in total. The van der Waals surface area contributed by atoms with Gasteiger partial charge in [0, 0.05) is 12.8 Å². The Morgan fingerprint density at radius 1 is 0.667 bits per heavy atom. The van der Waals surface area contributed by atoms with Gasteiger partial charge in [-0.05, 0) is 31.6 Å². The van der Waals surface area contributed by atoms with Crippen LogP contribution < -0.4 is 0 Å². The highest BCUT2D eigenvalue weighted by Gasteiger charge is 2.12. The van der Waals surface area contributed by atoms with E-state index in [0.717, 1.165) is 38.5 Å². The van der Waals surface area contributed by atoms with Crippen LogP contribution in [-0.4, -0.2) is 25.2 Å². The van der Waals surface area contributed by atoms with E-state index in [-0.39, 0.29) is 11.9 Å². The lowest BCUT2D eigenvalue weighted by molar-refractivity contribution is -0.145. The summed E-state index contributed by atoms with van der Waals surface area (Å²) in [6.07, 6.45) is 16.1.